The average molecular weight is 322 g/mol. The third-order valence-corrected chi connectivity index (χ3v) is 4.09. The molecule has 2 rings (SSSR count). The maximum Gasteiger partial charge on any atom is 0.0994 e. The second kappa shape index (κ2) is 7.81. The number of halogens is 1. The summed E-state index contributed by atoms with van der Waals surface area (Å²) < 4.78 is 0. The molecular weight excluding hydrogens is 302 g/mol. The van der Waals surface area contributed by atoms with Crippen molar-refractivity contribution >= 4 is 22.7 Å². The van der Waals surface area contributed by atoms with Gasteiger partial charge in [-0.05, 0) is 66.3 Å². The smallest absolute Gasteiger partial charge is 0.0994 e. The lowest BCUT2D eigenvalue weighted by molar-refractivity contribution is 1.22. The topological polar surface area (TPSA) is 23.8 Å². The van der Waals surface area contributed by atoms with E-state index in [1.807, 2.05) is 37.3 Å². The fraction of sp³-hybridized carbons (Fsp3) is 0.190. The summed E-state index contributed by atoms with van der Waals surface area (Å²) in [7, 11) is 0. The highest BCUT2D eigenvalue weighted by molar-refractivity contribution is 6.30. The highest BCUT2D eigenvalue weighted by Crippen LogP contribution is 2.29. The van der Waals surface area contributed by atoms with E-state index in [1.165, 1.54) is 0 Å². The molecule has 2 heteroatoms. The molecule has 0 saturated carbocycles. The van der Waals surface area contributed by atoms with Crippen LogP contribution >= 0.6 is 11.6 Å². The molecule has 0 aliphatic heterocycles. The molecule has 0 aliphatic carbocycles. The van der Waals surface area contributed by atoms with Crippen LogP contribution in [0.4, 0.5) is 0 Å². The summed E-state index contributed by atoms with van der Waals surface area (Å²) in [5.41, 5.74) is 6.11. The van der Waals surface area contributed by atoms with E-state index >= 15 is 0 Å². The molecule has 2 aromatic carbocycles. The molecule has 0 unspecified atom stereocenters. The van der Waals surface area contributed by atoms with Gasteiger partial charge in [0.2, 0.25) is 0 Å². The minimum absolute atomic E-state index is 0.712. The standard InChI is InChI=1S/C21H20ClN/c1-4-5-9-21(16(3)17-7-6-8-20(22)13-17)18-11-10-15(2)19(12-18)14-23/h5-13H,4H2,1-3H3/b9-5-,21-16-. The molecule has 0 bridgehead atoms. The molecule has 0 aromatic heterocycles. The van der Waals surface area contributed by atoms with Gasteiger partial charge in [0.25, 0.3) is 0 Å². The van der Waals surface area contributed by atoms with Crippen LogP contribution in [0.5, 0.6) is 0 Å². The summed E-state index contributed by atoms with van der Waals surface area (Å²) in [5, 5.41) is 10.0. The number of nitrogens with zero attached hydrogens (tertiary/aromatic N) is 1. The maximum absolute atomic E-state index is 9.29. The van der Waals surface area contributed by atoms with Gasteiger partial charge in [-0.2, -0.15) is 5.26 Å². The number of benzene rings is 2. The Labute approximate surface area is 143 Å². The van der Waals surface area contributed by atoms with Crippen molar-refractivity contribution < 1.29 is 0 Å². The number of allylic oxidation sites excluding steroid dienone is 4. The van der Waals surface area contributed by atoms with Crippen molar-refractivity contribution in [2.45, 2.75) is 27.2 Å². The molecule has 1 nitrogen and oxygen atoms in total. The Bertz CT molecular complexity index is 807. The molecule has 0 atom stereocenters. The zero-order chi connectivity index (χ0) is 16.8. The van der Waals surface area contributed by atoms with Gasteiger partial charge in [-0.15, -0.1) is 0 Å². The van der Waals surface area contributed by atoms with Crippen molar-refractivity contribution in [1.82, 2.24) is 0 Å². The first-order valence-electron chi connectivity index (χ1n) is 7.71. The number of hydrogen-bond acceptors (Lipinski definition) is 1. The van der Waals surface area contributed by atoms with E-state index < -0.39 is 0 Å². The molecule has 0 aliphatic rings. The van der Waals surface area contributed by atoms with Gasteiger partial charge in [-0.25, -0.2) is 0 Å². The summed E-state index contributed by atoms with van der Waals surface area (Å²) in [6.07, 6.45) is 5.22. The molecule has 23 heavy (non-hydrogen) atoms. The predicted molar refractivity (Wildman–Crippen MR) is 99.3 cm³/mol. The normalized spacial score (nSPS) is 12.1. The first-order valence-corrected chi connectivity index (χ1v) is 8.09. The Balaban J connectivity index is 2.64. The van der Waals surface area contributed by atoms with Crippen LogP contribution in [0.3, 0.4) is 0 Å². The molecule has 0 spiro atoms. The highest BCUT2D eigenvalue weighted by Gasteiger charge is 2.08. The lowest BCUT2D eigenvalue weighted by Gasteiger charge is -2.11. The van der Waals surface area contributed by atoms with Gasteiger partial charge < -0.3 is 0 Å². The van der Waals surface area contributed by atoms with E-state index in [-0.39, 0.29) is 0 Å². The first kappa shape index (κ1) is 17.1. The number of rotatable bonds is 4. The van der Waals surface area contributed by atoms with Gasteiger partial charge in [-0.3, -0.25) is 0 Å². The van der Waals surface area contributed by atoms with Gasteiger partial charge in [0.05, 0.1) is 11.6 Å². The molecular formula is C21H20ClN. The Hall–Kier alpha value is -2.30. The largest absolute Gasteiger partial charge is 0.192 e. The SMILES string of the molecule is CC/C=C\C(=C(/C)c1cccc(Cl)c1)c1ccc(C)c(C#N)c1. The Kier molecular flexibility index (Phi) is 5.79. The quantitative estimate of drug-likeness (QED) is 0.471. The monoisotopic (exact) mass is 321 g/mol. The fourth-order valence-corrected chi connectivity index (χ4v) is 2.65. The molecule has 0 fully saturated rings. The van der Waals surface area contributed by atoms with Crippen molar-refractivity contribution in [1.29, 1.82) is 5.26 Å². The lowest BCUT2D eigenvalue weighted by Crippen LogP contribution is -1.91. The summed E-state index contributed by atoms with van der Waals surface area (Å²) in [5.74, 6) is 0. The lowest BCUT2D eigenvalue weighted by atomic mass is 9.93. The third kappa shape index (κ3) is 4.12. The molecule has 0 heterocycles. The van der Waals surface area contributed by atoms with Gasteiger partial charge >= 0.3 is 0 Å². The van der Waals surface area contributed by atoms with Crippen LogP contribution in [-0.2, 0) is 0 Å². The van der Waals surface area contributed by atoms with Crippen LogP contribution in [-0.4, -0.2) is 0 Å². The van der Waals surface area contributed by atoms with E-state index in [1.54, 1.807) is 0 Å². The summed E-state index contributed by atoms with van der Waals surface area (Å²) >= 11 is 6.13. The van der Waals surface area contributed by atoms with Gasteiger partial charge in [0.1, 0.15) is 0 Å². The van der Waals surface area contributed by atoms with Crippen molar-refractivity contribution in [2.24, 2.45) is 0 Å². The van der Waals surface area contributed by atoms with Crippen LogP contribution in [0.15, 0.2) is 54.6 Å². The van der Waals surface area contributed by atoms with E-state index in [4.69, 9.17) is 11.6 Å². The predicted octanol–water partition coefficient (Wildman–Crippen LogP) is 6.42. The van der Waals surface area contributed by atoms with Crippen LogP contribution in [0.2, 0.25) is 5.02 Å². The molecule has 0 amide bonds. The molecule has 0 radical (unpaired) electrons. The Morgan fingerprint density at radius 3 is 2.61 bits per heavy atom. The van der Waals surface area contributed by atoms with Gasteiger partial charge in [0.15, 0.2) is 0 Å². The number of aryl methyl sites for hydroxylation is 1. The maximum atomic E-state index is 9.29. The first-order chi connectivity index (χ1) is 11.1. The fourth-order valence-electron chi connectivity index (χ4n) is 2.46. The highest BCUT2D eigenvalue weighted by atomic mass is 35.5. The zero-order valence-electron chi connectivity index (χ0n) is 13.7. The van der Waals surface area contributed by atoms with Crippen LogP contribution < -0.4 is 0 Å². The van der Waals surface area contributed by atoms with E-state index in [9.17, 15) is 5.26 Å². The number of hydrogen-bond donors (Lipinski definition) is 0. The van der Waals surface area contributed by atoms with Crippen molar-refractivity contribution in [3.63, 3.8) is 0 Å². The molecule has 2 aromatic rings. The van der Waals surface area contributed by atoms with E-state index in [0.29, 0.717) is 5.56 Å². The third-order valence-electron chi connectivity index (χ3n) is 3.85. The van der Waals surface area contributed by atoms with Crippen LogP contribution in [0.25, 0.3) is 11.1 Å². The summed E-state index contributed by atoms with van der Waals surface area (Å²) in [6.45, 7) is 6.16. The average Bonchev–Trinajstić information content (AvgIpc) is 2.56. The zero-order valence-corrected chi connectivity index (χ0v) is 14.5. The van der Waals surface area contributed by atoms with E-state index in [2.05, 4.69) is 44.2 Å². The van der Waals surface area contributed by atoms with Gasteiger partial charge in [0, 0.05) is 5.02 Å². The van der Waals surface area contributed by atoms with Crippen LogP contribution in [0, 0.1) is 18.3 Å². The second-order valence-corrected chi connectivity index (χ2v) is 5.94. The van der Waals surface area contributed by atoms with Crippen molar-refractivity contribution in [3.05, 3.63) is 81.9 Å². The van der Waals surface area contributed by atoms with Crippen LogP contribution in [0.1, 0.15) is 42.5 Å². The molecule has 0 saturated heterocycles. The Morgan fingerprint density at radius 1 is 1.17 bits per heavy atom. The summed E-state index contributed by atoms with van der Waals surface area (Å²) in [6, 6.07) is 16.1. The number of nitriles is 1. The van der Waals surface area contributed by atoms with Crippen molar-refractivity contribution in [2.75, 3.05) is 0 Å². The van der Waals surface area contributed by atoms with E-state index in [0.717, 1.165) is 39.3 Å². The molecule has 116 valence electrons. The summed E-state index contributed by atoms with van der Waals surface area (Å²) in [4.78, 5) is 0. The minimum atomic E-state index is 0.712. The van der Waals surface area contributed by atoms with Crippen molar-refractivity contribution in [3.8, 4) is 6.07 Å². The second-order valence-electron chi connectivity index (χ2n) is 5.50. The minimum Gasteiger partial charge on any atom is -0.192 e. The van der Waals surface area contributed by atoms with Gasteiger partial charge in [-0.1, -0.05) is 54.9 Å². The Morgan fingerprint density at radius 2 is 1.96 bits per heavy atom. The molecule has 0 N–H and O–H groups in total.